The van der Waals surface area contributed by atoms with Crippen molar-refractivity contribution in [2.75, 3.05) is 0 Å². The molecule has 0 radical (unpaired) electrons. The predicted octanol–water partition coefficient (Wildman–Crippen LogP) is 4.73. The second kappa shape index (κ2) is 15.2. The number of fused-ring (bicyclic) bond motifs is 3. The van der Waals surface area contributed by atoms with E-state index in [2.05, 4.69) is 167 Å². The molecule has 0 aliphatic carbocycles. The van der Waals surface area contributed by atoms with Gasteiger partial charge in [0.2, 0.25) is 0 Å². The molecule has 278 valence electrons. The molecule has 0 fully saturated rings. The maximum Gasteiger partial charge on any atom is 0.167 e. The third-order valence-corrected chi connectivity index (χ3v) is 12.4. The van der Waals surface area contributed by atoms with Crippen LogP contribution < -0.4 is 27.3 Å². The van der Waals surface area contributed by atoms with Crippen LogP contribution in [0.4, 0.5) is 0 Å². The molecule has 0 aliphatic rings. The Kier molecular flexibility index (Phi) is 9.45. The van der Waals surface area contributed by atoms with Crippen molar-refractivity contribution < 1.29 is 4.42 Å². The highest BCUT2D eigenvalue weighted by Crippen LogP contribution is 2.40. The Labute approximate surface area is 354 Å². The maximum atomic E-state index is 6.90. The van der Waals surface area contributed by atoms with Crippen molar-refractivity contribution in [1.29, 1.82) is 0 Å². The van der Waals surface area contributed by atoms with Gasteiger partial charge in [-0.15, -0.1) is 16.4 Å². The zero-order valence-electron chi connectivity index (χ0n) is 34.4. The van der Waals surface area contributed by atoms with E-state index in [1.165, 1.54) is 55.1 Å². The molecule has 60 heavy (non-hydrogen) atoms. The van der Waals surface area contributed by atoms with Crippen molar-refractivity contribution >= 4 is 88.5 Å². The quantitative estimate of drug-likeness (QED) is 0.221. The summed E-state index contributed by atoms with van der Waals surface area (Å²) in [5.41, 5.74) is 20.3. The molecule has 10 rings (SSSR count). The van der Waals surface area contributed by atoms with Gasteiger partial charge in [-0.3, -0.25) is 0 Å². The van der Waals surface area contributed by atoms with Crippen molar-refractivity contribution in [2.45, 2.75) is 0 Å². The highest BCUT2D eigenvalue weighted by molar-refractivity contribution is 6.68. The first-order valence-corrected chi connectivity index (χ1v) is 20.5. The molecule has 0 amide bonds. The zero-order chi connectivity index (χ0) is 40.9. The van der Waals surface area contributed by atoms with E-state index in [4.69, 9.17) is 19.4 Å². The van der Waals surface area contributed by atoms with Crippen LogP contribution in [0, 0.1) is 0 Å². The summed E-state index contributed by atoms with van der Waals surface area (Å²) in [6, 6.07) is 59.4. The van der Waals surface area contributed by atoms with Crippen LogP contribution in [0.1, 0.15) is 0 Å². The number of aromatic nitrogens is 3. The van der Waals surface area contributed by atoms with E-state index in [-0.39, 0.29) is 0 Å². The normalized spacial score (nSPS) is 11.3. The molecule has 2 heterocycles. The molecule has 9 heteroatoms. The van der Waals surface area contributed by atoms with Gasteiger partial charge >= 0.3 is 0 Å². The van der Waals surface area contributed by atoms with Gasteiger partial charge in [0.05, 0.1) is 5.56 Å². The second-order valence-corrected chi connectivity index (χ2v) is 15.7. The Morgan fingerprint density at radius 3 is 1.18 bits per heavy atom. The first-order valence-electron chi connectivity index (χ1n) is 20.5. The average molecular weight is 763 g/mol. The number of benzene rings is 8. The van der Waals surface area contributed by atoms with E-state index in [0.717, 1.165) is 55.3 Å². The second-order valence-electron chi connectivity index (χ2n) is 15.7. The molecule has 0 atom stereocenters. The fraction of sp³-hybridized carbons (Fsp3) is 0. The average Bonchev–Trinajstić information content (AvgIpc) is 3.70. The fourth-order valence-corrected chi connectivity index (χ4v) is 8.61. The van der Waals surface area contributed by atoms with E-state index in [1.807, 2.05) is 42.5 Å². The molecule has 4 nitrogen and oxygen atoms in total. The minimum Gasteiger partial charge on any atom is -0.455 e. The molecule has 0 aliphatic heterocycles. The van der Waals surface area contributed by atoms with Gasteiger partial charge in [-0.25, -0.2) is 15.0 Å². The number of nitrogens with zero attached hydrogens (tertiary/aromatic N) is 3. The third kappa shape index (κ3) is 6.57. The van der Waals surface area contributed by atoms with Crippen LogP contribution in [-0.4, -0.2) is 54.2 Å². The lowest BCUT2D eigenvalue weighted by molar-refractivity contribution is 0.670. The molecule has 0 unspecified atom stereocenters. The van der Waals surface area contributed by atoms with Crippen molar-refractivity contribution in [3.8, 4) is 78.7 Å². The number of hydrogen-bond donors (Lipinski definition) is 0. The minimum atomic E-state index is 0.563. The van der Waals surface area contributed by atoms with E-state index >= 15 is 0 Å². The van der Waals surface area contributed by atoms with Crippen LogP contribution in [0.5, 0.6) is 0 Å². The van der Waals surface area contributed by atoms with Crippen molar-refractivity contribution in [1.82, 2.24) is 15.0 Å². The van der Waals surface area contributed by atoms with Crippen molar-refractivity contribution in [3.05, 3.63) is 170 Å². The van der Waals surface area contributed by atoms with Gasteiger partial charge in [-0.1, -0.05) is 175 Å². The van der Waals surface area contributed by atoms with Crippen molar-refractivity contribution in [3.63, 3.8) is 0 Å². The van der Waals surface area contributed by atoms with E-state index in [1.54, 1.807) is 0 Å². The van der Waals surface area contributed by atoms with Gasteiger partial charge in [-0.05, 0) is 45.0 Å². The van der Waals surface area contributed by atoms with Gasteiger partial charge < -0.3 is 4.42 Å². The minimum absolute atomic E-state index is 0.563. The molecule has 8 aromatic carbocycles. The number of rotatable bonds is 7. The summed E-state index contributed by atoms with van der Waals surface area (Å²) in [6.45, 7) is 0. The highest BCUT2D eigenvalue weighted by atomic mass is 16.3. The topological polar surface area (TPSA) is 51.8 Å². The standard InChI is InChI=1S/C51H38B5N3O/c52-42-41(43(53)45(55)46(56)44(42)54)34-25-27-36(28-26-34)50-57-49(35-11-5-2-6-12-35)58-51(59-50)40-16-8-15-39-38-14-7-13-37(47(38)60-48(39)40)33-23-21-32(22-24-33)31-19-17-30(18-20-31)29-9-3-1-4-10-29/h1-28H,52-56H2. The summed E-state index contributed by atoms with van der Waals surface area (Å²) >= 11 is 0. The van der Waals surface area contributed by atoms with E-state index in [0.29, 0.717) is 17.5 Å². The van der Waals surface area contributed by atoms with Gasteiger partial charge in [0.25, 0.3) is 0 Å². The summed E-state index contributed by atoms with van der Waals surface area (Å²) in [4.78, 5) is 15.3. The van der Waals surface area contributed by atoms with Crippen LogP contribution in [0.3, 0.4) is 0 Å². The van der Waals surface area contributed by atoms with E-state index < -0.39 is 0 Å². The molecule has 0 N–H and O–H groups in total. The van der Waals surface area contributed by atoms with Crippen LogP contribution in [0.15, 0.2) is 174 Å². The monoisotopic (exact) mass is 763 g/mol. The lowest BCUT2D eigenvalue weighted by atomic mass is 9.59. The molecular weight excluding hydrogens is 725 g/mol. The van der Waals surface area contributed by atoms with Gasteiger partial charge in [-0.2, -0.15) is 0 Å². The molecule has 10 aromatic rings. The summed E-state index contributed by atoms with van der Waals surface area (Å²) in [7, 11) is 11.1. The van der Waals surface area contributed by atoms with Gasteiger partial charge in [0.1, 0.15) is 50.4 Å². The maximum absolute atomic E-state index is 6.90. The van der Waals surface area contributed by atoms with Crippen LogP contribution in [-0.2, 0) is 0 Å². The predicted molar refractivity (Wildman–Crippen MR) is 266 cm³/mol. The molecule has 0 saturated heterocycles. The lowest BCUT2D eigenvalue weighted by Crippen LogP contribution is -2.55. The van der Waals surface area contributed by atoms with Crippen molar-refractivity contribution in [2.24, 2.45) is 0 Å². The SMILES string of the molecule is Bc1c(B)c(B)c(-c2ccc(-c3nc(-c4ccccc4)nc(-c4cccc5c4oc4c(-c6ccc(-c7ccc(-c8ccccc8)cc7)cc6)cccc45)n3)cc2)c(B)c1B. The Hall–Kier alpha value is -7.11. The molecule has 2 aromatic heterocycles. The largest absolute Gasteiger partial charge is 0.455 e. The van der Waals surface area contributed by atoms with Crippen LogP contribution in [0.2, 0.25) is 0 Å². The van der Waals surface area contributed by atoms with Crippen LogP contribution in [0.25, 0.3) is 101 Å². The fourth-order valence-electron chi connectivity index (χ4n) is 8.61. The highest BCUT2D eigenvalue weighted by Gasteiger charge is 2.20. The number of hydrogen-bond acceptors (Lipinski definition) is 4. The van der Waals surface area contributed by atoms with Crippen LogP contribution >= 0.6 is 0 Å². The zero-order valence-corrected chi connectivity index (χ0v) is 34.4. The third-order valence-electron chi connectivity index (χ3n) is 12.4. The smallest absolute Gasteiger partial charge is 0.167 e. The van der Waals surface area contributed by atoms with Gasteiger partial charge in [0, 0.05) is 27.5 Å². The van der Waals surface area contributed by atoms with E-state index in [9.17, 15) is 0 Å². The molecular formula is C51H38B5N3O. The Bertz CT molecular complexity index is 3200. The Morgan fingerprint density at radius 2 is 0.650 bits per heavy atom. The molecule has 0 bridgehead atoms. The first-order chi connectivity index (χ1) is 29.3. The summed E-state index contributed by atoms with van der Waals surface area (Å²) in [5.74, 6) is 1.78. The molecule has 0 spiro atoms. The van der Waals surface area contributed by atoms with Gasteiger partial charge in [0.15, 0.2) is 17.5 Å². The number of furan rings is 1. The Morgan fingerprint density at radius 1 is 0.283 bits per heavy atom. The summed E-state index contributed by atoms with van der Waals surface area (Å²) in [5, 5.41) is 2.06. The molecule has 0 saturated carbocycles. The first kappa shape index (κ1) is 37.2. The summed E-state index contributed by atoms with van der Waals surface area (Å²) in [6.07, 6.45) is 0. The Balaban J connectivity index is 1.04. The lowest BCUT2D eigenvalue weighted by Gasteiger charge is -2.20. The number of para-hydroxylation sites is 2. The summed E-state index contributed by atoms with van der Waals surface area (Å²) < 4.78 is 6.90.